The van der Waals surface area contributed by atoms with Crippen LogP contribution in [0.2, 0.25) is 0 Å². The van der Waals surface area contributed by atoms with Crippen LogP contribution in [0.4, 0.5) is 14.9 Å². The molecule has 0 aliphatic carbocycles. The van der Waals surface area contributed by atoms with Crippen molar-refractivity contribution in [1.29, 1.82) is 0 Å². The van der Waals surface area contributed by atoms with Crippen LogP contribution >= 0.6 is 12.4 Å². The molecule has 3 amide bonds. The number of rotatable bonds is 5. The van der Waals surface area contributed by atoms with Crippen LogP contribution in [0.1, 0.15) is 19.3 Å². The highest BCUT2D eigenvalue weighted by Crippen LogP contribution is 2.17. The zero-order chi connectivity index (χ0) is 19.1. The molecule has 7 nitrogen and oxygen atoms in total. The number of nitrogens with zero attached hydrogens (tertiary/aromatic N) is 1. The van der Waals surface area contributed by atoms with Crippen LogP contribution in [-0.4, -0.2) is 62.3 Å². The van der Waals surface area contributed by atoms with E-state index in [1.165, 1.54) is 12.1 Å². The molecule has 0 aromatic heterocycles. The third-order valence-corrected chi connectivity index (χ3v) is 4.92. The highest BCUT2D eigenvalue weighted by molar-refractivity contribution is 5.89. The molecule has 9 heteroatoms. The number of morpholine rings is 1. The second-order valence-electron chi connectivity index (χ2n) is 7.12. The molecule has 0 bridgehead atoms. The van der Waals surface area contributed by atoms with Gasteiger partial charge in [0.2, 0.25) is 5.91 Å². The van der Waals surface area contributed by atoms with Gasteiger partial charge in [-0.3, -0.25) is 4.79 Å². The number of benzene rings is 1. The Labute approximate surface area is 170 Å². The first-order chi connectivity index (χ1) is 13.1. The van der Waals surface area contributed by atoms with Gasteiger partial charge in [0.1, 0.15) is 5.82 Å². The van der Waals surface area contributed by atoms with Crippen LogP contribution < -0.4 is 16.0 Å². The van der Waals surface area contributed by atoms with Gasteiger partial charge in [-0.2, -0.15) is 0 Å². The molecule has 2 aliphatic rings. The summed E-state index contributed by atoms with van der Waals surface area (Å²) >= 11 is 0. The molecule has 2 aliphatic heterocycles. The molecule has 1 aromatic carbocycles. The second kappa shape index (κ2) is 11.2. The number of hydrogen-bond acceptors (Lipinski definition) is 4. The number of hydrogen-bond donors (Lipinski definition) is 3. The van der Waals surface area contributed by atoms with E-state index in [0.29, 0.717) is 38.4 Å². The van der Waals surface area contributed by atoms with Crippen molar-refractivity contribution in [2.45, 2.75) is 25.3 Å². The second-order valence-corrected chi connectivity index (χ2v) is 7.12. The highest BCUT2D eigenvalue weighted by Gasteiger charge is 2.26. The zero-order valence-electron chi connectivity index (χ0n) is 15.8. The third kappa shape index (κ3) is 6.92. The molecule has 2 fully saturated rings. The lowest BCUT2D eigenvalue weighted by molar-refractivity contribution is -0.134. The lowest BCUT2D eigenvalue weighted by atomic mass is 9.97. The van der Waals surface area contributed by atoms with Crippen LogP contribution in [0, 0.1) is 11.7 Å². The van der Waals surface area contributed by atoms with Crippen LogP contribution in [0.5, 0.6) is 0 Å². The van der Waals surface area contributed by atoms with Gasteiger partial charge in [0.25, 0.3) is 0 Å². The van der Waals surface area contributed by atoms with Crippen molar-refractivity contribution < 1.29 is 18.7 Å². The number of amides is 3. The number of likely N-dealkylation sites (tertiary alicyclic amines) is 1. The molecular weight excluding hydrogens is 387 g/mol. The van der Waals surface area contributed by atoms with Crippen molar-refractivity contribution in [3.05, 3.63) is 30.1 Å². The topological polar surface area (TPSA) is 82.7 Å². The number of carbonyl (C=O) groups is 2. The Morgan fingerprint density at radius 1 is 1.36 bits per heavy atom. The van der Waals surface area contributed by atoms with Gasteiger partial charge in [0, 0.05) is 44.3 Å². The van der Waals surface area contributed by atoms with Gasteiger partial charge < -0.3 is 25.6 Å². The van der Waals surface area contributed by atoms with Crippen LogP contribution in [0.3, 0.4) is 0 Å². The zero-order valence-corrected chi connectivity index (χ0v) is 16.6. The fraction of sp³-hybridized carbons (Fsp3) is 0.579. The molecule has 2 heterocycles. The maximum atomic E-state index is 13.2. The van der Waals surface area contributed by atoms with Gasteiger partial charge in [-0.15, -0.1) is 12.4 Å². The minimum absolute atomic E-state index is 0. The number of nitrogens with one attached hydrogen (secondary N) is 3. The van der Waals surface area contributed by atoms with Crippen molar-refractivity contribution in [2.24, 2.45) is 5.92 Å². The predicted molar refractivity (Wildman–Crippen MR) is 107 cm³/mol. The number of halogens is 2. The fourth-order valence-corrected chi connectivity index (χ4v) is 3.53. The van der Waals surface area contributed by atoms with Crippen LogP contribution in [0.25, 0.3) is 0 Å². The largest absolute Gasteiger partial charge is 0.378 e. The number of piperidine rings is 1. The Morgan fingerprint density at radius 2 is 2.21 bits per heavy atom. The van der Waals surface area contributed by atoms with E-state index < -0.39 is 5.82 Å². The predicted octanol–water partition coefficient (Wildman–Crippen LogP) is 1.99. The van der Waals surface area contributed by atoms with Gasteiger partial charge in [0.05, 0.1) is 13.2 Å². The summed E-state index contributed by atoms with van der Waals surface area (Å²) in [7, 11) is 0. The number of carbonyl (C=O) groups excluding carboxylic acids is 2. The maximum absolute atomic E-state index is 13.2. The molecule has 2 atom stereocenters. The van der Waals surface area contributed by atoms with Crippen LogP contribution in [0.15, 0.2) is 24.3 Å². The third-order valence-electron chi connectivity index (χ3n) is 4.92. The molecule has 3 rings (SSSR count). The average Bonchev–Trinajstić information content (AvgIpc) is 2.67. The monoisotopic (exact) mass is 414 g/mol. The summed E-state index contributed by atoms with van der Waals surface area (Å²) in [6.07, 6.45) is 2.34. The molecule has 0 spiro atoms. The van der Waals surface area contributed by atoms with Crippen LogP contribution in [-0.2, 0) is 9.53 Å². The minimum atomic E-state index is -0.396. The molecule has 156 valence electrons. The normalized spacial score (nSPS) is 22.1. The summed E-state index contributed by atoms with van der Waals surface area (Å²) in [6, 6.07) is 5.48. The lowest BCUT2D eigenvalue weighted by Crippen LogP contribution is -2.48. The van der Waals surface area contributed by atoms with Gasteiger partial charge in [-0.1, -0.05) is 6.07 Å². The maximum Gasteiger partial charge on any atom is 0.319 e. The lowest BCUT2D eigenvalue weighted by Gasteiger charge is -2.34. The first-order valence-electron chi connectivity index (χ1n) is 9.49. The average molecular weight is 415 g/mol. The first kappa shape index (κ1) is 22.4. The number of anilines is 1. The number of urea groups is 1. The van der Waals surface area contributed by atoms with Crippen molar-refractivity contribution in [3.8, 4) is 0 Å². The van der Waals surface area contributed by atoms with Gasteiger partial charge in [-0.05, 0) is 37.0 Å². The molecule has 1 aromatic rings. The SMILES string of the molecule is Cl.O=C(NCC1CCCN(C(=O)CC2COCCN2)C1)Nc1cccc(F)c1. The Morgan fingerprint density at radius 3 is 2.96 bits per heavy atom. The molecule has 3 N–H and O–H groups in total. The Hall–Kier alpha value is -1.90. The Bertz CT molecular complexity index is 658. The fourth-order valence-electron chi connectivity index (χ4n) is 3.53. The molecule has 2 saturated heterocycles. The van der Waals surface area contributed by atoms with Crippen molar-refractivity contribution in [3.63, 3.8) is 0 Å². The van der Waals surface area contributed by atoms with E-state index in [2.05, 4.69) is 16.0 Å². The molecule has 0 radical (unpaired) electrons. The van der Waals surface area contributed by atoms with Crippen molar-refractivity contribution in [1.82, 2.24) is 15.5 Å². The molecule has 28 heavy (non-hydrogen) atoms. The van der Waals surface area contributed by atoms with E-state index in [1.807, 2.05) is 4.90 Å². The highest BCUT2D eigenvalue weighted by atomic mass is 35.5. The standard InChI is InChI=1S/C19H27FN4O3.ClH/c20-15-4-1-5-16(9-15)23-19(26)22-11-14-3-2-7-24(12-14)18(25)10-17-13-27-8-6-21-17;/h1,4-5,9,14,17,21H,2-3,6-8,10-13H2,(H2,22,23,26);1H. The summed E-state index contributed by atoms with van der Waals surface area (Å²) in [5.74, 6) is -0.0458. The van der Waals surface area contributed by atoms with E-state index in [-0.39, 0.29) is 36.3 Å². The summed E-state index contributed by atoms with van der Waals surface area (Å²) in [5, 5.41) is 8.74. The van der Waals surface area contributed by atoms with E-state index >= 15 is 0 Å². The summed E-state index contributed by atoms with van der Waals surface area (Å²) in [6.45, 7) is 3.94. The Balaban J connectivity index is 0.00000280. The van der Waals surface area contributed by atoms with E-state index in [1.54, 1.807) is 12.1 Å². The summed E-state index contributed by atoms with van der Waals surface area (Å²) in [5.41, 5.74) is 0.412. The number of ether oxygens (including phenoxy) is 1. The summed E-state index contributed by atoms with van der Waals surface area (Å²) in [4.78, 5) is 26.4. The van der Waals surface area contributed by atoms with E-state index in [4.69, 9.17) is 4.74 Å². The van der Waals surface area contributed by atoms with Gasteiger partial charge >= 0.3 is 6.03 Å². The van der Waals surface area contributed by atoms with Crippen molar-refractivity contribution >= 4 is 30.0 Å². The van der Waals surface area contributed by atoms with Gasteiger partial charge in [0.15, 0.2) is 0 Å². The first-order valence-corrected chi connectivity index (χ1v) is 9.49. The van der Waals surface area contributed by atoms with E-state index in [0.717, 1.165) is 25.9 Å². The van der Waals surface area contributed by atoms with Gasteiger partial charge in [-0.25, -0.2) is 9.18 Å². The van der Waals surface area contributed by atoms with E-state index in [9.17, 15) is 14.0 Å². The quantitative estimate of drug-likeness (QED) is 0.688. The molecule has 2 unspecified atom stereocenters. The summed E-state index contributed by atoms with van der Waals surface area (Å²) < 4.78 is 18.6. The molecule has 0 saturated carbocycles. The van der Waals surface area contributed by atoms with Crippen molar-refractivity contribution in [2.75, 3.05) is 44.7 Å². The minimum Gasteiger partial charge on any atom is -0.378 e. The molecular formula is C19H28ClFN4O3. The smallest absolute Gasteiger partial charge is 0.319 e. The Kier molecular flexibility index (Phi) is 8.95.